The monoisotopic (exact) mass is 335 g/mol. The molecule has 0 bridgehead atoms. The van der Waals surface area contributed by atoms with Gasteiger partial charge in [0, 0.05) is 48.4 Å². The van der Waals surface area contributed by atoms with Crippen molar-refractivity contribution in [3.8, 4) is 0 Å². The van der Waals surface area contributed by atoms with E-state index in [1.54, 1.807) is 24.2 Å². The lowest BCUT2D eigenvalue weighted by atomic mass is 10.1. The van der Waals surface area contributed by atoms with Crippen LogP contribution in [0.15, 0.2) is 53.5 Å². The number of hydrogen-bond donors (Lipinski definition) is 1. The van der Waals surface area contributed by atoms with Crippen molar-refractivity contribution in [3.63, 3.8) is 0 Å². The molecular weight excluding hydrogens is 314 g/mol. The number of aromatic nitrogens is 2. The number of H-pyrrole nitrogens is 1. The van der Waals surface area contributed by atoms with E-state index in [1.807, 2.05) is 44.2 Å². The summed E-state index contributed by atoms with van der Waals surface area (Å²) in [6, 6.07) is 12.6. The minimum atomic E-state index is -0.275. The van der Waals surface area contributed by atoms with Gasteiger partial charge in [-0.05, 0) is 37.6 Å². The number of likely N-dealkylation sites (N-methyl/N-ethyl adjacent to an activating group) is 1. The maximum Gasteiger partial charge on any atom is 0.254 e. The first-order valence-electron chi connectivity index (χ1n) is 8.26. The Kier molecular flexibility index (Phi) is 4.65. The molecule has 5 heteroatoms. The van der Waals surface area contributed by atoms with Crippen LogP contribution in [0.5, 0.6) is 0 Å². The molecule has 0 saturated carbocycles. The second-order valence-corrected chi connectivity index (χ2v) is 6.39. The van der Waals surface area contributed by atoms with Crippen LogP contribution in [0.4, 0.5) is 0 Å². The molecule has 128 valence electrons. The number of carbonyl (C=O) groups excluding carboxylic acids is 1. The van der Waals surface area contributed by atoms with Crippen molar-refractivity contribution in [2.24, 2.45) is 0 Å². The number of aryl methyl sites for hydroxylation is 1. The van der Waals surface area contributed by atoms with Crippen molar-refractivity contribution in [1.82, 2.24) is 14.9 Å². The Morgan fingerprint density at radius 1 is 1.24 bits per heavy atom. The van der Waals surface area contributed by atoms with Gasteiger partial charge in [-0.1, -0.05) is 18.2 Å². The molecular formula is C20H21N3O2. The van der Waals surface area contributed by atoms with Crippen molar-refractivity contribution in [2.45, 2.75) is 26.3 Å². The van der Waals surface area contributed by atoms with Crippen LogP contribution in [0, 0.1) is 6.92 Å². The Morgan fingerprint density at radius 3 is 2.76 bits per heavy atom. The van der Waals surface area contributed by atoms with Gasteiger partial charge >= 0.3 is 0 Å². The summed E-state index contributed by atoms with van der Waals surface area (Å²) in [4.78, 5) is 33.7. The van der Waals surface area contributed by atoms with Gasteiger partial charge in [0.2, 0.25) is 5.56 Å². The number of amides is 1. The number of nitrogens with zero attached hydrogens (tertiary/aromatic N) is 2. The first kappa shape index (κ1) is 16.9. The fourth-order valence-electron chi connectivity index (χ4n) is 2.92. The van der Waals surface area contributed by atoms with Crippen molar-refractivity contribution >= 4 is 16.8 Å². The average Bonchev–Trinajstić information content (AvgIpc) is 2.59. The summed E-state index contributed by atoms with van der Waals surface area (Å²) >= 11 is 0. The van der Waals surface area contributed by atoms with Crippen molar-refractivity contribution in [2.75, 3.05) is 7.05 Å². The Bertz CT molecular complexity index is 978. The summed E-state index contributed by atoms with van der Waals surface area (Å²) in [5, 5.41) is 0.750. The summed E-state index contributed by atoms with van der Waals surface area (Å²) in [6.45, 7) is 4.00. The van der Waals surface area contributed by atoms with E-state index in [1.165, 1.54) is 6.07 Å². The van der Waals surface area contributed by atoms with Gasteiger partial charge in [-0.3, -0.25) is 14.6 Å². The third-order valence-corrected chi connectivity index (χ3v) is 4.44. The molecule has 1 atom stereocenters. The highest BCUT2D eigenvalue weighted by atomic mass is 16.2. The lowest BCUT2D eigenvalue weighted by Crippen LogP contribution is -2.37. The molecule has 2 aromatic heterocycles. The van der Waals surface area contributed by atoms with Crippen LogP contribution in [0.25, 0.3) is 10.9 Å². The van der Waals surface area contributed by atoms with Crippen LogP contribution in [-0.2, 0) is 6.42 Å². The minimum Gasteiger partial charge on any atom is -0.339 e. The first-order chi connectivity index (χ1) is 12.0. The number of nitrogens with one attached hydrogen (secondary N) is 1. The summed E-state index contributed by atoms with van der Waals surface area (Å²) in [7, 11) is 1.76. The zero-order chi connectivity index (χ0) is 18.0. The molecule has 1 unspecified atom stereocenters. The molecule has 0 radical (unpaired) electrons. The third-order valence-electron chi connectivity index (χ3n) is 4.44. The van der Waals surface area contributed by atoms with E-state index in [9.17, 15) is 9.59 Å². The summed E-state index contributed by atoms with van der Waals surface area (Å²) in [6.07, 6.45) is 2.44. The number of fused-ring (bicyclic) bond motifs is 1. The largest absolute Gasteiger partial charge is 0.339 e. The van der Waals surface area contributed by atoms with Crippen LogP contribution in [-0.4, -0.2) is 33.9 Å². The predicted molar refractivity (Wildman–Crippen MR) is 98.8 cm³/mol. The second-order valence-electron chi connectivity index (χ2n) is 6.39. The number of para-hydroxylation sites is 1. The van der Waals surface area contributed by atoms with E-state index in [4.69, 9.17) is 0 Å². The Hall–Kier alpha value is -2.95. The van der Waals surface area contributed by atoms with Crippen molar-refractivity contribution in [3.05, 3.63) is 75.8 Å². The summed E-state index contributed by atoms with van der Waals surface area (Å²) in [5.41, 5.74) is 2.91. The number of pyridine rings is 2. The van der Waals surface area contributed by atoms with Crippen molar-refractivity contribution < 1.29 is 4.79 Å². The fraction of sp³-hybridized carbons (Fsp3) is 0.250. The smallest absolute Gasteiger partial charge is 0.254 e. The summed E-state index contributed by atoms with van der Waals surface area (Å²) in [5.74, 6) is -0.164. The van der Waals surface area contributed by atoms with E-state index in [0.29, 0.717) is 17.5 Å². The quantitative estimate of drug-likeness (QED) is 0.797. The molecule has 0 saturated heterocycles. The Balaban J connectivity index is 1.88. The van der Waals surface area contributed by atoms with Gasteiger partial charge in [-0.15, -0.1) is 0 Å². The fourth-order valence-corrected chi connectivity index (χ4v) is 2.92. The highest BCUT2D eigenvalue weighted by Crippen LogP contribution is 2.18. The van der Waals surface area contributed by atoms with E-state index in [2.05, 4.69) is 9.97 Å². The lowest BCUT2D eigenvalue weighted by molar-refractivity contribution is 0.0744. The molecule has 0 aliphatic rings. The Labute approximate surface area is 146 Å². The maximum atomic E-state index is 13.0. The molecule has 25 heavy (non-hydrogen) atoms. The van der Waals surface area contributed by atoms with E-state index in [-0.39, 0.29) is 17.5 Å². The molecule has 5 nitrogen and oxygen atoms in total. The number of benzene rings is 1. The molecule has 0 fully saturated rings. The first-order valence-corrected chi connectivity index (χ1v) is 8.26. The second kappa shape index (κ2) is 6.89. The Morgan fingerprint density at radius 2 is 2.00 bits per heavy atom. The average molecular weight is 335 g/mol. The van der Waals surface area contributed by atoms with E-state index in [0.717, 1.165) is 16.6 Å². The van der Waals surface area contributed by atoms with Gasteiger partial charge < -0.3 is 9.88 Å². The van der Waals surface area contributed by atoms with Gasteiger partial charge in [0.15, 0.2) is 0 Å². The van der Waals surface area contributed by atoms with Crippen molar-refractivity contribution in [1.29, 1.82) is 0 Å². The highest BCUT2D eigenvalue weighted by molar-refractivity contribution is 6.05. The number of rotatable bonds is 4. The number of hydrogen-bond acceptors (Lipinski definition) is 3. The maximum absolute atomic E-state index is 13.0. The van der Waals surface area contributed by atoms with Crippen LogP contribution in [0.1, 0.15) is 28.5 Å². The molecule has 0 aliphatic carbocycles. The topological polar surface area (TPSA) is 66.1 Å². The molecule has 3 aromatic rings. The molecule has 1 N–H and O–H groups in total. The minimum absolute atomic E-state index is 0.0418. The standard InChI is InChI=1S/C20H21N3O2/c1-13-8-9-21-15(10-13)11-14(2)23(3)20(25)17-12-19(24)22-18-7-5-4-6-16(17)18/h4-10,12,14H,11H2,1-3H3,(H,22,24). The van der Waals surface area contributed by atoms with Gasteiger partial charge in [0.25, 0.3) is 5.91 Å². The molecule has 1 amide bonds. The molecule has 0 aliphatic heterocycles. The third kappa shape index (κ3) is 3.60. The van der Waals surface area contributed by atoms with E-state index < -0.39 is 0 Å². The molecule has 2 heterocycles. The van der Waals surface area contributed by atoms with Crippen LogP contribution in [0.3, 0.4) is 0 Å². The highest BCUT2D eigenvalue weighted by Gasteiger charge is 2.20. The molecule has 3 rings (SSSR count). The van der Waals surface area contributed by atoms with E-state index >= 15 is 0 Å². The van der Waals surface area contributed by atoms with Gasteiger partial charge in [0.1, 0.15) is 0 Å². The molecule has 0 spiro atoms. The van der Waals surface area contributed by atoms with Gasteiger partial charge in [-0.2, -0.15) is 0 Å². The lowest BCUT2D eigenvalue weighted by Gasteiger charge is -2.25. The van der Waals surface area contributed by atoms with Crippen LogP contribution >= 0.6 is 0 Å². The SMILES string of the molecule is Cc1ccnc(CC(C)N(C)C(=O)c2cc(=O)[nH]c3ccccc23)c1. The van der Waals surface area contributed by atoms with Crippen LogP contribution in [0.2, 0.25) is 0 Å². The number of carbonyl (C=O) groups is 1. The zero-order valence-electron chi connectivity index (χ0n) is 14.6. The molecule has 1 aromatic carbocycles. The normalized spacial score (nSPS) is 12.1. The van der Waals surface area contributed by atoms with Gasteiger partial charge in [-0.25, -0.2) is 0 Å². The zero-order valence-corrected chi connectivity index (χ0v) is 14.6. The summed E-state index contributed by atoms with van der Waals surface area (Å²) < 4.78 is 0. The number of aromatic amines is 1. The van der Waals surface area contributed by atoms with Crippen LogP contribution < -0.4 is 5.56 Å². The van der Waals surface area contributed by atoms with Gasteiger partial charge in [0.05, 0.1) is 5.56 Å². The predicted octanol–water partition coefficient (Wildman–Crippen LogP) is 2.93.